The number of fused-ring (bicyclic) bond motifs is 1. The van der Waals surface area contributed by atoms with E-state index >= 15 is 0 Å². The third kappa shape index (κ3) is 8.80. The molecular formula is C23H34FN5O2. The molecular weight excluding hydrogens is 397 g/mol. The summed E-state index contributed by atoms with van der Waals surface area (Å²) in [6, 6.07) is 4.86. The maximum Gasteiger partial charge on any atom is 0.168 e. The van der Waals surface area contributed by atoms with E-state index in [4.69, 9.17) is 5.11 Å². The van der Waals surface area contributed by atoms with Gasteiger partial charge in [-0.3, -0.25) is 9.78 Å². The minimum absolute atomic E-state index is 0.00562. The van der Waals surface area contributed by atoms with Gasteiger partial charge in [0.2, 0.25) is 0 Å². The molecule has 170 valence electrons. The normalized spacial score (nSPS) is 12.3. The number of rotatable bonds is 3. The van der Waals surface area contributed by atoms with Crippen LogP contribution in [0.4, 0.5) is 10.2 Å². The standard InChI is InChI=1S/C12H14N4O.C5H4FN.C4H10O.C2H6/c1-9(17)10-8-13-16-7-4-11(14-12(10)16)15-5-2-3-6-15;6-5-2-1-3-7-4-5;1-4(2)3-5;1-2/h4,7-8H,2-3,5-6H2,1H3;1-4H;4-5H,3H2,1-2H3;1-2H3. The molecule has 0 atom stereocenters. The number of carbonyl (C=O) groups excluding carboxylic acids is 1. The molecule has 0 spiro atoms. The summed E-state index contributed by atoms with van der Waals surface area (Å²) in [5, 5.41) is 12.3. The highest BCUT2D eigenvalue weighted by Crippen LogP contribution is 2.19. The van der Waals surface area contributed by atoms with Crippen molar-refractivity contribution in [3.8, 4) is 0 Å². The number of aliphatic hydroxyl groups excluding tert-OH is 1. The number of Topliss-reactive ketones (excluding diaryl/α,β-unsaturated/α-hetero) is 1. The van der Waals surface area contributed by atoms with Gasteiger partial charge in [0.05, 0.1) is 18.0 Å². The third-order valence-electron chi connectivity index (χ3n) is 4.15. The van der Waals surface area contributed by atoms with Crippen LogP contribution in [0.1, 0.15) is 57.8 Å². The predicted molar refractivity (Wildman–Crippen MR) is 122 cm³/mol. The molecule has 0 bridgehead atoms. The molecule has 1 aliphatic heterocycles. The number of aromatic nitrogens is 4. The van der Waals surface area contributed by atoms with Crippen LogP contribution in [0.25, 0.3) is 5.65 Å². The highest BCUT2D eigenvalue weighted by atomic mass is 19.1. The van der Waals surface area contributed by atoms with E-state index in [1.165, 1.54) is 31.3 Å². The van der Waals surface area contributed by atoms with Gasteiger partial charge in [0, 0.05) is 32.1 Å². The van der Waals surface area contributed by atoms with Gasteiger partial charge in [-0.15, -0.1) is 0 Å². The monoisotopic (exact) mass is 431 g/mol. The summed E-state index contributed by atoms with van der Waals surface area (Å²) < 4.78 is 13.5. The first-order valence-corrected chi connectivity index (χ1v) is 10.7. The van der Waals surface area contributed by atoms with Crippen LogP contribution in [0.15, 0.2) is 43.0 Å². The largest absolute Gasteiger partial charge is 0.396 e. The van der Waals surface area contributed by atoms with Gasteiger partial charge in [-0.05, 0) is 43.9 Å². The minimum atomic E-state index is -0.289. The van der Waals surface area contributed by atoms with Crippen molar-refractivity contribution in [3.63, 3.8) is 0 Å². The summed E-state index contributed by atoms with van der Waals surface area (Å²) >= 11 is 0. The molecule has 0 unspecified atom stereocenters. The average molecular weight is 432 g/mol. The lowest BCUT2D eigenvalue weighted by Gasteiger charge is -2.15. The molecule has 0 aliphatic carbocycles. The molecule has 31 heavy (non-hydrogen) atoms. The number of hydrogen-bond donors (Lipinski definition) is 1. The maximum absolute atomic E-state index is 11.8. The van der Waals surface area contributed by atoms with Crippen LogP contribution in [-0.2, 0) is 0 Å². The van der Waals surface area contributed by atoms with E-state index in [-0.39, 0.29) is 11.6 Å². The maximum atomic E-state index is 11.8. The van der Waals surface area contributed by atoms with Crippen molar-refractivity contribution in [2.45, 2.75) is 47.5 Å². The highest BCUT2D eigenvalue weighted by Gasteiger charge is 2.16. The summed E-state index contributed by atoms with van der Waals surface area (Å²) in [4.78, 5) is 21.7. The molecule has 1 aliphatic rings. The number of aliphatic hydroxyl groups is 1. The van der Waals surface area contributed by atoms with E-state index in [9.17, 15) is 9.18 Å². The number of pyridine rings is 1. The van der Waals surface area contributed by atoms with Crippen molar-refractivity contribution in [2.24, 2.45) is 5.92 Å². The van der Waals surface area contributed by atoms with E-state index in [1.807, 2.05) is 40.0 Å². The second-order valence-electron chi connectivity index (χ2n) is 7.11. The summed E-state index contributed by atoms with van der Waals surface area (Å²) in [5.41, 5.74) is 1.24. The number of halogens is 1. The lowest BCUT2D eigenvalue weighted by Crippen LogP contribution is -2.19. The van der Waals surface area contributed by atoms with E-state index in [1.54, 1.807) is 23.7 Å². The van der Waals surface area contributed by atoms with E-state index in [2.05, 4.69) is 20.0 Å². The van der Waals surface area contributed by atoms with Crippen LogP contribution >= 0.6 is 0 Å². The Balaban J connectivity index is 0.000000285. The number of carbonyl (C=O) groups is 1. The molecule has 4 rings (SSSR count). The predicted octanol–water partition coefficient (Wildman–Crippen LogP) is 4.41. The summed E-state index contributed by atoms with van der Waals surface area (Å²) in [6.45, 7) is 11.9. The first kappa shape index (κ1) is 26.2. The summed E-state index contributed by atoms with van der Waals surface area (Å²) in [5.74, 6) is 1.10. The second kappa shape index (κ2) is 14.2. The van der Waals surface area contributed by atoms with Gasteiger partial charge in [0.1, 0.15) is 11.6 Å². The topological polar surface area (TPSA) is 83.6 Å². The molecule has 0 amide bonds. The third-order valence-corrected chi connectivity index (χ3v) is 4.15. The molecule has 1 N–H and O–H groups in total. The molecule has 0 saturated carbocycles. The van der Waals surface area contributed by atoms with Crippen molar-refractivity contribution in [1.82, 2.24) is 19.6 Å². The van der Waals surface area contributed by atoms with Gasteiger partial charge < -0.3 is 10.0 Å². The lowest BCUT2D eigenvalue weighted by molar-refractivity contribution is 0.101. The van der Waals surface area contributed by atoms with Crippen LogP contribution in [0.3, 0.4) is 0 Å². The summed E-state index contributed by atoms with van der Waals surface area (Å²) in [6.07, 6.45) is 8.57. The minimum Gasteiger partial charge on any atom is -0.396 e. The Labute approximate surface area is 184 Å². The number of anilines is 1. The van der Waals surface area contributed by atoms with E-state index < -0.39 is 0 Å². The van der Waals surface area contributed by atoms with Gasteiger partial charge in [-0.25, -0.2) is 13.9 Å². The van der Waals surface area contributed by atoms with Crippen LogP contribution in [-0.4, -0.2) is 50.2 Å². The fraction of sp³-hybridized carbons (Fsp3) is 0.478. The Morgan fingerprint density at radius 1 is 1.19 bits per heavy atom. The molecule has 0 radical (unpaired) electrons. The quantitative estimate of drug-likeness (QED) is 0.618. The van der Waals surface area contributed by atoms with Crippen LogP contribution in [0.2, 0.25) is 0 Å². The van der Waals surface area contributed by atoms with E-state index in [0.717, 1.165) is 18.9 Å². The molecule has 7 nitrogen and oxygen atoms in total. The summed E-state index contributed by atoms with van der Waals surface area (Å²) in [7, 11) is 0. The lowest BCUT2D eigenvalue weighted by atomic mass is 10.2. The molecule has 0 aromatic carbocycles. The molecule has 1 saturated heterocycles. The van der Waals surface area contributed by atoms with Gasteiger partial charge >= 0.3 is 0 Å². The zero-order valence-electron chi connectivity index (χ0n) is 19.1. The smallest absolute Gasteiger partial charge is 0.168 e. The fourth-order valence-electron chi connectivity index (χ4n) is 2.57. The zero-order valence-corrected chi connectivity index (χ0v) is 19.1. The first-order chi connectivity index (χ1) is 14.9. The Hall–Kier alpha value is -2.87. The van der Waals surface area contributed by atoms with Gasteiger partial charge in [-0.1, -0.05) is 27.7 Å². The number of hydrogen-bond acceptors (Lipinski definition) is 6. The number of ketones is 1. The highest BCUT2D eigenvalue weighted by molar-refractivity contribution is 5.99. The fourth-order valence-corrected chi connectivity index (χ4v) is 2.57. The van der Waals surface area contributed by atoms with Crippen molar-refractivity contribution < 1.29 is 14.3 Å². The molecule has 8 heteroatoms. The molecule has 3 aromatic rings. The van der Waals surface area contributed by atoms with Gasteiger partial charge in [0.15, 0.2) is 11.4 Å². The first-order valence-electron chi connectivity index (χ1n) is 10.7. The van der Waals surface area contributed by atoms with Crippen LogP contribution in [0.5, 0.6) is 0 Å². The Morgan fingerprint density at radius 3 is 2.29 bits per heavy atom. The average Bonchev–Trinajstić information content (AvgIpc) is 3.46. The van der Waals surface area contributed by atoms with Crippen molar-refractivity contribution in [3.05, 3.63) is 54.4 Å². The molecule has 1 fully saturated rings. The Morgan fingerprint density at radius 2 is 1.84 bits per heavy atom. The number of nitrogens with zero attached hydrogens (tertiary/aromatic N) is 5. The van der Waals surface area contributed by atoms with Gasteiger partial charge in [-0.2, -0.15) is 5.10 Å². The van der Waals surface area contributed by atoms with E-state index in [0.29, 0.717) is 23.7 Å². The van der Waals surface area contributed by atoms with Crippen molar-refractivity contribution in [1.29, 1.82) is 0 Å². The SMILES string of the molecule is CC.CC(=O)c1cnn2ccc(N3CCCC3)nc12.CC(C)CO.Fc1cccnc1. The van der Waals surface area contributed by atoms with Crippen molar-refractivity contribution >= 4 is 17.2 Å². The van der Waals surface area contributed by atoms with Crippen LogP contribution < -0.4 is 4.90 Å². The Bertz CT molecular complexity index is 893. The molecule has 3 aromatic heterocycles. The van der Waals surface area contributed by atoms with Crippen LogP contribution in [0, 0.1) is 11.7 Å². The van der Waals surface area contributed by atoms with Gasteiger partial charge in [0.25, 0.3) is 0 Å². The second-order valence-corrected chi connectivity index (χ2v) is 7.11. The molecule has 4 heterocycles. The Kier molecular flexibility index (Phi) is 12.0. The zero-order chi connectivity index (χ0) is 23.2. The van der Waals surface area contributed by atoms with Crippen molar-refractivity contribution in [2.75, 3.05) is 24.6 Å².